The van der Waals surface area contributed by atoms with Crippen molar-refractivity contribution in [3.8, 4) is 17.1 Å². The lowest BCUT2D eigenvalue weighted by molar-refractivity contribution is 0.0532. The minimum atomic E-state index is -0.896. The number of benzene rings is 2. The highest BCUT2D eigenvalue weighted by Crippen LogP contribution is 2.44. The van der Waals surface area contributed by atoms with Gasteiger partial charge in [-0.2, -0.15) is 0 Å². The number of amides is 1. The van der Waals surface area contributed by atoms with Gasteiger partial charge in [-0.1, -0.05) is 11.6 Å². The molecule has 0 saturated carbocycles. The average Bonchev–Trinajstić information content (AvgIpc) is 3.34. The maximum atomic E-state index is 14.7. The highest BCUT2D eigenvalue weighted by Gasteiger charge is 2.28. The van der Waals surface area contributed by atoms with Crippen molar-refractivity contribution < 1.29 is 27.8 Å². The SMILES string of the molecule is CCOC(=O)c1sc2c(F)ccc(Cl)c2c1-c1nc2c(F)cc(C(N)=O)c(OC)c2[nH]1. The Hall–Kier alpha value is -3.24. The number of fused-ring (bicyclic) bond motifs is 2. The van der Waals surface area contributed by atoms with Gasteiger partial charge in [0.25, 0.3) is 5.91 Å². The Morgan fingerprint density at radius 2 is 2.03 bits per heavy atom. The van der Waals surface area contributed by atoms with Crippen LogP contribution in [-0.2, 0) is 4.74 Å². The highest BCUT2D eigenvalue weighted by molar-refractivity contribution is 7.21. The molecule has 160 valence electrons. The van der Waals surface area contributed by atoms with Crippen LogP contribution in [0, 0.1) is 11.6 Å². The summed E-state index contributed by atoms with van der Waals surface area (Å²) >= 11 is 7.17. The fourth-order valence-corrected chi connectivity index (χ4v) is 4.75. The number of carbonyl (C=O) groups excluding carboxylic acids is 2. The summed E-state index contributed by atoms with van der Waals surface area (Å²) < 4.78 is 39.6. The molecule has 0 aliphatic rings. The summed E-state index contributed by atoms with van der Waals surface area (Å²) in [6, 6.07) is 3.44. The minimum Gasteiger partial charge on any atom is -0.494 e. The van der Waals surface area contributed by atoms with Gasteiger partial charge in [0, 0.05) is 5.39 Å². The van der Waals surface area contributed by atoms with E-state index in [1.807, 2.05) is 0 Å². The van der Waals surface area contributed by atoms with Gasteiger partial charge in [0.05, 0.1) is 34.6 Å². The number of esters is 1. The number of thiophene rings is 1. The second-order valence-corrected chi connectivity index (χ2v) is 7.80. The lowest BCUT2D eigenvalue weighted by atomic mass is 10.1. The molecular formula is C20H14ClF2N3O4S. The van der Waals surface area contributed by atoms with Gasteiger partial charge >= 0.3 is 5.97 Å². The van der Waals surface area contributed by atoms with E-state index in [0.717, 1.165) is 17.4 Å². The number of rotatable bonds is 5. The molecule has 0 atom stereocenters. The first-order valence-corrected chi connectivity index (χ1v) is 10.1. The Morgan fingerprint density at radius 1 is 1.29 bits per heavy atom. The third kappa shape index (κ3) is 3.28. The van der Waals surface area contributed by atoms with Crippen LogP contribution >= 0.6 is 22.9 Å². The monoisotopic (exact) mass is 465 g/mol. The van der Waals surface area contributed by atoms with Crippen molar-refractivity contribution in [2.75, 3.05) is 13.7 Å². The number of imidazole rings is 1. The van der Waals surface area contributed by atoms with Crippen LogP contribution in [0.2, 0.25) is 5.02 Å². The summed E-state index contributed by atoms with van der Waals surface area (Å²) in [7, 11) is 1.29. The van der Waals surface area contributed by atoms with Gasteiger partial charge in [0.15, 0.2) is 11.6 Å². The van der Waals surface area contributed by atoms with E-state index in [1.165, 1.54) is 19.2 Å². The molecule has 1 amide bonds. The average molecular weight is 466 g/mol. The van der Waals surface area contributed by atoms with Crippen molar-refractivity contribution in [3.05, 3.63) is 45.3 Å². The van der Waals surface area contributed by atoms with Gasteiger partial charge in [-0.05, 0) is 25.1 Å². The quantitative estimate of drug-likeness (QED) is 0.417. The molecule has 0 aliphatic carbocycles. The van der Waals surface area contributed by atoms with Crippen molar-refractivity contribution in [3.63, 3.8) is 0 Å². The molecule has 0 saturated heterocycles. The molecule has 7 nitrogen and oxygen atoms in total. The molecule has 0 unspecified atom stereocenters. The summed E-state index contributed by atoms with van der Waals surface area (Å²) in [5, 5.41) is 0.396. The molecule has 0 aliphatic heterocycles. The smallest absolute Gasteiger partial charge is 0.349 e. The number of methoxy groups -OCH3 is 1. The maximum absolute atomic E-state index is 14.7. The van der Waals surface area contributed by atoms with E-state index in [4.69, 9.17) is 26.8 Å². The Balaban J connectivity index is 2.10. The molecule has 3 N–H and O–H groups in total. The van der Waals surface area contributed by atoms with Gasteiger partial charge in [-0.25, -0.2) is 18.6 Å². The van der Waals surface area contributed by atoms with Crippen molar-refractivity contribution in [1.82, 2.24) is 9.97 Å². The van der Waals surface area contributed by atoms with Crippen molar-refractivity contribution >= 4 is 55.9 Å². The Kier molecular flexibility index (Phi) is 5.28. The number of hydrogen-bond donors (Lipinski definition) is 2. The van der Waals surface area contributed by atoms with Gasteiger partial charge in [0.1, 0.15) is 27.6 Å². The molecule has 0 radical (unpaired) electrons. The van der Waals surface area contributed by atoms with Crippen LogP contribution in [0.5, 0.6) is 5.75 Å². The number of H-pyrrole nitrogens is 1. The van der Waals surface area contributed by atoms with Crippen LogP contribution in [0.4, 0.5) is 8.78 Å². The zero-order valence-corrected chi connectivity index (χ0v) is 17.7. The van der Waals surface area contributed by atoms with Gasteiger partial charge in [-0.3, -0.25) is 4.79 Å². The number of aromatic amines is 1. The molecule has 4 aromatic rings. The van der Waals surface area contributed by atoms with Crippen LogP contribution in [-0.4, -0.2) is 35.6 Å². The molecule has 2 aromatic carbocycles. The number of primary amides is 1. The third-order valence-electron chi connectivity index (χ3n) is 4.58. The maximum Gasteiger partial charge on any atom is 0.349 e. The van der Waals surface area contributed by atoms with Crippen molar-refractivity contribution in [2.45, 2.75) is 6.92 Å². The van der Waals surface area contributed by atoms with E-state index in [2.05, 4.69) is 9.97 Å². The third-order valence-corrected chi connectivity index (χ3v) is 6.07. The van der Waals surface area contributed by atoms with E-state index in [-0.39, 0.29) is 60.3 Å². The molecular weight excluding hydrogens is 452 g/mol. The molecule has 4 rings (SSSR count). The molecule has 0 fully saturated rings. The summed E-state index contributed by atoms with van der Waals surface area (Å²) in [5.41, 5.74) is 5.18. The number of ether oxygens (including phenoxy) is 2. The number of halogens is 3. The zero-order chi connectivity index (χ0) is 22.4. The summed E-state index contributed by atoms with van der Waals surface area (Å²) in [5.74, 6) is -3.02. The van der Waals surface area contributed by atoms with E-state index in [1.54, 1.807) is 6.92 Å². The minimum absolute atomic E-state index is 0.0165. The number of nitrogens with one attached hydrogen (secondary N) is 1. The van der Waals surface area contributed by atoms with Gasteiger partial charge in [-0.15, -0.1) is 11.3 Å². The van der Waals surface area contributed by atoms with Crippen LogP contribution < -0.4 is 10.5 Å². The standard InChI is InChI=1S/C20H14ClF2N3O4S/c1-3-30-20(28)17-12(11-8(21)4-5-9(22)16(11)31-17)19-25-13-10(23)6-7(18(24)27)15(29-2)14(13)26-19/h4-6H,3H2,1-2H3,(H2,24,27)(H,25,26). The number of hydrogen-bond acceptors (Lipinski definition) is 6. The molecule has 0 spiro atoms. The van der Waals surface area contributed by atoms with Crippen LogP contribution in [0.1, 0.15) is 27.0 Å². The zero-order valence-electron chi connectivity index (χ0n) is 16.1. The van der Waals surface area contributed by atoms with Gasteiger partial charge < -0.3 is 20.2 Å². The fourth-order valence-electron chi connectivity index (χ4n) is 3.32. The Labute approximate surface area is 182 Å². The molecule has 2 heterocycles. The van der Waals surface area contributed by atoms with E-state index in [0.29, 0.717) is 0 Å². The van der Waals surface area contributed by atoms with E-state index < -0.39 is 23.5 Å². The van der Waals surface area contributed by atoms with Gasteiger partial charge in [0.2, 0.25) is 0 Å². The van der Waals surface area contributed by atoms with Crippen LogP contribution in [0.15, 0.2) is 18.2 Å². The predicted molar refractivity (Wildman–Crippen MR) is 113 cm³/mol. The molecule has 0 bridgehead atoms. The molecule has 31 heavy (non-hydrogen) atoms. The first-order valence-electron chi connectivity index (χ1n) is 8.92. The van der Waals surface area contributed by atoms with Crippen molar-refractivity contribution in [2.24, 2.45) is 5.73 Å². The topological polar surface area (TPSA) is 107 Å². The van der Waals surface area contributed by atoms with Crippen molar-refractivity contribution in [1.29, 1.82) is 0 Å². The number of carbonyl (C=O) groups is 2. The largest absolute Gasteiger partial charge is 0.494 e. The Bertz CT molecular complexity index is 1380. The fraction of sp³-hybridized carbons (Fsp3) is 0.150. The second-order valence-electron chi connectivity index (χ2n) is 6.37. The number of aromatic nitrogens is 2. The van der Waals surface area contributed by atoms with Crippen LogP contribution in [0.25, 0.3) is 32.5 Å². The summed E-state index contributed by atoms with van der Waals surface area (Å²) in [6.45, 7) is 1.72. The summed E-state index contributed by atoms with van der Waals surface area (Å²) in [6.07, 6.45) is 0. The molecule has 2 aromatic heterocycles. The highest BCUT2D eigenvalue weighted by atomic mass is 35.5. The van der Waals surface area contributed by atoms with E-state index >= 15 is 0 Å². The number of nitrogens with two attached hydrogens (primary N) is 1. The molecule has 11 heteroatoms. The lowest BCUT2D eigenvalue weighted by Crippen LogP contribution is -2.13. The summed E-state index contributed by atoms with van der Waals surface area (Å²) in [4.78, 5) is 31.5. The lowest BCUT2D eigenvalue weighted by Gasteiger charge is -2.06. The predicted octanol–water partition coefficient (Wildman–Crippen LogP) is 4.66. The van der Waals surface area contributed by atoms with Crippen LogP contribution in [0.3, 0.4) is 0 Å². The number of nitrogens with zero attached hydrogens (tertiary/aromatic N) is 1. The first-order chi connectivity index (χ1) is 14.8. The normalized spacial score (nSPS) is 11.3. The van der Waals surface area contributed by atoms with E-state index in [9.17, 15) is 18.4 Å². The Morgan fingerprint density at radius 3 is 2.68 bits per heavy atom. The second kappa shape index (κ2) is 7.78. The first kappa shape index (κ1) is 21.0.